The van der Waals surface area contributed by atoms with E-state index in [4.69, 9.17) is 11.6 Å². The standard InChI is InChI=1S/C14H23ClN2O2S2/c1-4-17-7-5-6-12(17)9-16(3)21(18,19)14-11(2)10-20-13(14)8-15/h10,12H,4-9H2,1-3H3. The Labute approximate surface area is 136 Å². The van der Waals surface area contributed by atoms with Crippen LogP contribution in [0.3, 0.4) is 0 Å². The maximum atomic E-state index is 12.8. The molecule has 1 unspecified atom stereocenters. The topological polar surface area (TPSA) is 40.6 Å². The Morgan fingerprint density at radius 3 is 2.86 bits per heavy atom. The van der Waals surface area contributed by atoms with E-state index in [9.17, 15) is 8.42 Å². The zero-order valence-electron chi connectivity index (χ0n) is 12.8. The van der Waals surface area contributed by atoms with Gasteiger partial charge in [0.05, 0.1) is 5.88 Å². The summed E-state index contributed by atoms with van der Waals surface area (Å²) in [5, 5.41) is 1.87. The van der Waals surface area contributed by atoms with Crippen molar-refractivity contribution in [3.05, 3.63) is 15.8 Å². The number of hydrogen-bond acceptors (Lipinski definition) is 4. The highest BCUT2D eigenvalue weighted by Gasteiger charge is 2.31. The Kier molecular flexibility index (Phi) is 5.71. The molecule has 0 bridgehead atoms. The largest absolute Gasteiger partial charge is 0.299 e. The van der Waals surface area contributed by atoms with Crippen LogP contribution in [0.2, 0.25) is 0 Å². The number of sulfonamides is 1. The Morgan fingerprint density at radius 2 is 2.24 bits per heavy atom. The van der Waals surface area contributed by atoms with Gasteiger partial charge in [-0.25, -0.2) is 8.42 Å². The van der Waals surface area contributed by atoms with E-state index >= 15 is 0 Å². The molecule has 1 aliphatic heterocycles. The molecule has 0 aromatic carbocycles. The zero-order chi connectivity index (χ0) is 15.6. The predicted octanol–water partition coefficient (Wildman–Crippen LogP) is 2.90. The number of aryl methyl sites for hydroxylation is 1. The maximum Gasteiger partial charge on any atom is 0.244 e. The van der Waals surface area contributed by atoms with Gasteiger partial charge in [0, 0.05) is 24.5 Å². The van der Waals surface area contributed by atoms with Crippen molar-refractivity contribution in [2.24, 2.45) is 0 Å². The van der Waals surface area contributed by atoms with Gasteiger partial charge in [0.1, 0.15) is 4.90 Å². The molecule has 0 N–H and O–H groups in total. The fraction of sp³-hybridized carbons (Fsp3) is 0.714. The number of rotatable bonds is 6. The monoisotopic (exact) mass is 350 g/mol. The molecule has 0 amide bonds. The third kappa shape index (κ3) is 3.45. The van der Waals surface area contributed by atoms with Gasteiger partial charge in [0.15, 0.2) is 0 Å². The van der Waals surface area contributed by atoms with Gasteiger partial charge in [-0.15, -0.1) is 22.9 Å². The van der Waals surface area contributed by atoms with E-state index in [1.165, 1.54) is 15.6 Å². The minimum atomic E-state index is -3.46. The highest BCUT2D eigenvalue weighted by atomic mass is 35.5. The SMILES string of the molecule is CCN1CCCC1CN(C)S(=O)(=O)c1c(C)csc1CCl. The lowest BCUT2D eigenvalue weighted by Crippen LogP contribution is -2.41. The Balaban J connectivity index is 2.21. The maximum absolute atomic E-state index is 12.8. The number of halogens is 1. The molecule has 2 rings (SSSR count). The summed E-state index contributed by atoms with van der Waals surface area (Å²) in [6, 6.07) is 0.327. The van der Waals surface area contributed by atoms with Crippen LogP contribution in [0.1, 0.15) is 30.2 Å². The van der Waals surface area contributed by atoms with Crippen molar-refractivity contribution >= 4 is 33.0 Å². The lowest BCUT2D eigenvalue weighted by molar-refractivity contribution is 0.237. The van der Waals surface area contributed by atoms with Crippen LogP contribution in [-0.4, -0.2) is 50.3 Å². The van der Waals surface area contributed by atoms with Crippen LogP contribution >= 0.6 is 22.9 Å². The van der Waals surface area contributed by atoms with Crippen molar-refractivity contribution in [3.8, 4) is 0 Å². The molecule has 0 radical (unpaired) electrons. The first kappa shape index (κ1) is 17.2. The number of likely N-dealkylation sites (tertiary alicyclic amines) is 1. The summed E-state index contributed by atoms with van der Waals surface area (Å²) in [5.74, 6) is 0.241. The molecule has 0 spiro atoms. The molecule has 1 saturated heterocycles. The molecule has 2 heterocycles. The molecule has 0 aliphatic carbocycles. The van der Waals surface area contributed by atoms with Gasteiger partial charge in [-0.3, -0.25) is 4.90 Å². The number of hydrogen-bond donors (Lipinski definition) is 0. The Morgan fingerprint density at radius 1 is 1.52 bits per heavy atom. The van der Waals surface area contributed by atoms with Crippen molar-refractivity contribution < 1.29 is 8.42 Å². The summed E-state index contributed by atoms with van der Waals surface area (Å²) in [6.07, 6.45) is 2.22. The second kappa shape index (κ2) is 6.96. The van der Waals surface area contributed by atoms with E-state index in [2.05, 4.69) is 11.8 Å². The number of nitrogens with zero attached hydrogens (tertiary/aromatic N) is 2. The van der Waals surface area contributed by atoms with Crippen molar-refractivity contribution in [1.82, 2.24) is 9.21 Å². The summed E-state index contributed by atoms with van der Waals surface area (Å²) in [6.45, 7) is 6.55. The molecule has 1 aromatic heterocycles. The fourth-order valence-electron chi connectivity index (χ4n) is 2.99. The van der Waals surface area contributed by atoms with E-state index in [-0.39, 0.29) is 5.88 Å². The average Bonchev–Trinajstić information content (AvgIpc) is 3.04. The van der Waals surface area contributed by atoms with Gasteiger partial charge < -0.3 is 0 Å². The highest BCUT2D eigenvalue weighted by Crippen LogP contribution is 2.31. The van der Waals surface area contributed by atoms with Gasteiger partial charge in [-0.2, -0.15) is 4.31 Å². The minimum absolute atomic E-state index is 0.241. The molecular formula is C14H23ClN2O2S2. The molecule has 1 fully saturated rings. The lowest BCUT2D eigenvalue weighted by Gasteiger charge is -2.27. The van der Waals surface area contributed by atoms with Crippen molar-refractivity contribution in [2.45, 2.75) is 43.5 Å². The van der Waals surface area contributed by atoms with Gasteiger partial charge in [-0.1, -0.05) is 6.92 Å². The van der Waals surface area contributed by atoms with E-state index < -0.39 is 10.0 Å². The first-order valence-electron chi connectivity index (χ1n) is 7.25. The smallest absolute Gasteiger partial charge is 0.244 e. The molecule has 0 saturated carbocycles. The summed E-state index contributed by atoms with van der Waals surface area (Å²) in [7, 11) is -1.78. The average molecular weight is 351 g/mol. The van der Waals surface area contributed by atoms with E-state index in [0.29, 0.717) is 17.5 Å². The van der Waals surface area contributed by atoms with Gasteiger partial charge >= 0.3 is 0 Å². The van der Waals surface area contributed by atoms with Crippen LogP contribution in [0.4, 0.5) is 0 Å². The normalized spacial score (nSPS) is 20.5. The second-order valence-electron chi connectivity index (χ2n) is 5.51. The van der Waals surface area contributed by atoms with Crippen LogP contribution in [0, 0.1) is 6.92 Å². The molecule has 21 heavy (non-hydrogen) atoms. The fourth-order valence-corrected chi connectivity index (χ4v) is 6.21. The molecule has 7 heteroatoms. The van der Waals surface area contributed by atoms with Crippen molar-refractivity contribution in [1.29, 1.82) is 0 Å². The molecule has 4 nitrogen and oxygen atoms in total. The summed E-state index contributed by atoms with van der Waals surface area (Å²) in [4.78, 5) is 3.50. The quantitative estimate of drug-likeness (QED) is 0.741. The second-order valence-corrected chi connectivity index (χ2v) is 8.73. The summed E-state index contributed by atoms with van der Waals surface area (Å²) in [5.41, 5.74) is 0.793. The number of thiophene rings is 1. The van der Waals surface area contributed by atoms with Gasteiger partial charge in [0.25, 0.3) is 0 Å². The third-order valence-corrected chi connectivity index (χ3v) is 7.87. The van der Waals surface area contributed by atoms with Crippen LogP contribution in [0.15, 0.2) is 10.3 Å². The highest BCUT2D eigenvalue weighted by molar-refractivity contribution is 7.89. The van der Waals surface area contributed by atoms with E-state index in [1.807, 2.05) is 12.3 Å². The first-order chi connectivity index (χ1) is 9.91. The van der Waals surface area contributed by atoms with Gasteiger partial charge in [0.2, 0.25) is 10.0 Å². The molecule has 120 valence electrons. The first-order valence-corrected chi connectivity index (χ1v) is 10.1. The minimum Gasteiger partial charge on any atom is -0.299 e. The molecule has 1 atom stereocenters. The summed E-state index contributed by atoms with van der Waals surface area (Å²) < 4.78 is 27.2. The lowest BCUT2D eigenvalue weighted by atomic mass is 10.2. The zero-order valence-corrected chi connectivity index (χ0v) is 15.2. The third-order valence-electron chi connectivity index (χ3n) is 4.15. The van der Waals surface area contributed by atoms with Gasteiger partial charge in [-0.05, 0) is 43.8 Å². The number of alkyl halides is 1. The predicted molar refractivity (Wildman–Crippen MR) is 88.7 cm³/mol. The Bertz CT molecular complexity index is 586. The van der Waals surface area contributed by atoms with E-state index in [1.54, 1.807) is 7.05 Å². The Hall–Kier alpha value is -0.140. The van der Waals surface area contributed by atoms with Crippen LogP contribution in [0.25, 0.3) is 0 Å². The van der Waals surface area contributed by atoms with Crippen molar-refractivity contribution in [3.63, 3.8) is 0 Å². The van der Waals surface area contributed by atoms with Crippen LogP contribution < -0.4 is 0 Å². The van der Waals surface area contributed by atoms with Crippen LogP contribution in [-0.2, 0) is 15.9 Å². The van der Waals surface area contributed by atoms with Crippen molar-refractivity contribution in [2.75, 3.05) is 26.7 Å². The van der Waals surface area contributed by atoms with E-state index in [0.717, 1.165) is 36.4 Å². The van der Waals surface area contributed by atoms with Crippen LogP contribution in [0.5, 0.6) is 0 Å². The molecule has 1 aliphatic rings. The molecule has 1 aromatic rings. The molecular weight excluding hydrogens is 328 g/mol. The summed E-state index contributed by atoms with van der Waals surface area (Å²) >= 11 is 7.31. The number of likely N-dealkylation sites (N-methyl/N-ethyl adjacent to an activating group) is 2.